The maximum absolute atomic E-state index is 10.9. The van der Waals surface area contributed by atoms with Crippen LogP contribution in [0.3, 0.4) is 0 Å². The number of thiazole rings is 1. The highest BCUT2D eigenvalue weighted by atomic mass is 32.1. The first-order chi connectivity index (χ1) is 10.7. The molecule has 0 spiro atoms. The molecule has 7 heteroatoms. The Bertz CT molecular complexity index is 666. The predicted octanol–water partition coefficient (Wildman–Crippen LogP) is 2.18. The lowest BCUT2D eigenvalue weighted by Crippen LogP contribution is -2.46. The average molecular weight is 319 g/mol. The molecule has 0 aliphatic carbocycles. The van der Waals surface area contributed by atoms with E-state index in [0.29, 0.717) is 0 Å². The molecule has 2 heterocycles. The molecule has 0 unspecified atom stereocenters. The summed E-state index contributed by atoms with van der Waals surface area (Å²) >= 11 is 1.23. The van der Waals surface area contributed by atoms with Gasteiger partial charge in [0.25, 0.3) is 0 Å². The minimum absolute atomic E-state index is 0.283. The van der Waals surface area contributed by atoms with Gasteiger partial charge in [-0.2, -0.15) is 0 Å². The predicted molar refractivity (Wildman–Crippen MR) is 86.5 cm³/mol. The lowest BCUT2D eigenvalue weighted by atomic mass is 10.2. The molecule has 116 valence electrons. The first-order valence-corrected chi connectivity index (χ1v) is 7.82. The van der Waals surface area contributed by atoms with Crippen LogP contribution in [0.5, 0.6) is 5.75 Å². The van der Waals surface area contributed by atoms with Crippen molar-refractivity contribution in [2.75, 3.05) is 43.1 Å². The van der Waals surface area contributed by atoms with Gasteiger partial charge in [0.15, 0.2) is 5.13 Å². The van der Waals surface area contributed by atoms with Crippen LogP contribution < -0.4 is 14.5 Å². The third-order valence-electron chi connectivity index (χ3n) is 3.67. The van der Waals surface area contributed by atoms with Crippen molar-refractivity contribution in [3.8, 4) is 5.75 Å². The summed E-state index contributed by atoms with van der Waals surface area (Å²) in [5.41, 5.74) is 1.14. The molecule has 0 atom stereocenters. The quantitative estimate of drug-likeness (QED) is 0.932. The van der Waals surface area contributed by atoms with Gasteiger partial charge in [-0.15, -0.1) is 0 Å². The summed E-state index contributed by atoms with van der Waals surface area (Å²) in [6, 6.07) is 8.02. The molecule has 2 aromatic rings. The summed E-state index contributed by atoms with van der Waals surface area (Å²) in [7, 11) is 1.67. The molecule has 0 bridgehead atoms. The monoisotopic (exact) mass is 319 g/mol. The van der Waals surface area contributed by atoms with Crippen LogP contribution in [-0.2, 0) is 0 Å². The SMILES string of the molecule is COc1cccc(N2CCN(c3ncc(C(=O)O)s3)CC2)c1. The Hall–Kier alpha value is -2.28. The summed E-state index contributed by atoms with van der Waals surface area (Å²) in [4.78, 5) is 19.8. The van der Waals surface area contributed by atoms with Gasteiger partial charge in [0, 0.05) is 37.9 Å². The minimum Gasteiger partial charge on any atom is -0.497 e. The number of carbonyl (C=O) groups is 1. The zero-order valence-corrected chi connectivity index (χ0v) is 13.0. The number of benzene rings is 1. The van der Waals surface area contributed by atoms with E-state index in [0.717, 1.165) is 42.7 Å². The summed E-state index contributed by atoms with van der Waals surface area (Å²) < 4.78 is 5.26. The van der Waals surface area contributed by atoms with Gasteiger partial charge in [0.05, 0.1) is 13.3 Å². The Kier molecular flexibility index (Phi) is 4.15. The van der Waals surface area contributed by atoms with Crippen LogP contribution >= 0.6 is 11.3 Å². The van der Waals surface area contributed by atoms with Crippen LogP contribution in [-0.4, -0.2) is 49.3 Å². The number of nitrogens with zero attached hydrogens (tertiary/aromatic N) is 3. The fourth-order valence-electron chi connectivity index (χ4n) is 2.47. The van der Waals surface area contributed by atoms with Crippen molar-refractivity contribution in [2.45, 2.75) is 0 Å². The number of ether oxygens (including phenoxy) is 1. The van der Waals surface area contributed by atoms with Gasteiger partial charge in [0.2, 0.25) is 0 Å². The number of hydrogen-bond donors (Lipinski definition) is 1. The Morgan fingerprint density at radius 1 is 1.27 bits per heavy atom. The maximum Gasteiger partial charge on any atom is 0.347 e. The van der Waals surface area contributed by atoms with E-state index in [1.54, 1.807) is 7.11 Å². The second-order valence-corrected chi connectivity index (χ2v) is 6.00. The second-order valence-electron chi connectivity index (χ2n) is 4.99. The van der Waals surface area contributed by atoms with Gasteiger partial charge in [0.1, 0.15) is 10.6 Å². The van der Waals surface area contributed by atoms with E-state index in [4.69, 9.17) is 9.84 Å². The van der Waals surface area contributed by atoms with Crippen LogP contribution in [0.4, 0.5) is 10.8 Å². The molecule has 1 N–H and O–H groups in total. The normalized spacial score (nSPS) is 15.0. The molecule has 0 radical (unpaired) electrons. The molecule has 0 amide bonds. The summed E-state index contributed by atoms with van der Waals surface area (Å²) in [6.45, 7) is 3.39. The lowest BCUT2D eigenvalue weighted by Gasteiger charge is -2.36. The molecule has 6 nitrogen and oxygen atoms in total. The third kappa shape index (κ3) is 2.99. The molecular formula is C15H17N3O3S. The second kappa shape index (κ2) is 6.23. The van der Waals surface area contributed by atoms with Crippen molar-refractivity contribution in [1.82, 2.24) is 4.98 Å². The number of piperazine rings is 1. The van der Waals surface area contributed by atoms with Crippen LogP contribution in [0.15, 0.2) is 30.5 Å². The molecule has 0 saturated carbocycles. The third-order valence-corrected chi connectivity index (χ3v) is 4.72. The van der Waals surface area contributed by atoms with E-state index in [1.165, 1.54) is 17.5 Å². The first-order valence-electron chi connectivity index (χ1n) is 7.00. The lowest BCUT2D eigenvalue weighted by molar-refractivity contribution is 0.0702. The topological polar surface area (TPSA) is 65.9 Å². The van der Waals surface area contributed by atoms with Crippen LogP contribution in [0.25, 0.3) is 0 Å². The molecule has 1 fully saturated rings. The molecule has 3 rings (SSSR count). The van der Waals surface area contributed by atoms with Gasteiger partial charge in [-0.25, -0.2) is 9.78 Å². The van der Waals surface area contributed by atoms with Crippen LogP contribution in [0.2, 0.25) is 0 Å². The van der Waals surface area contributed by atoms with Gasteiger partial charge in [-0.05, 0) is 12.1 Å². The Morgan fingerprint density at radius 2 is 2.00 bits per heavy atom. The molecule has 22 heavy (non-hydrogen) atoms. The molecule has 1 aliphatic rings. The van der Waals surface area contributed by atoms with Gasteiger partial charge < -0.3 is 19.6 Å². The van der Waals surface area contributed by atoms with E-state index in [-0.39, 0.29) is 4.88 Å². The number of carboxylic acids is 1. The Balaban J connectivity index is 1.65. The van der Waals surface area contributed by atoms with Crippen molar-refractivity contribution in [2.24, 2.45) is 0 Å². The highest BCUT2D eigenvalue weighted by molar-refractivity contribution is 7.17. The Labute approximate surface area is 132 Å². The highest BCUT2D eigenvalue weighted by Crippen LogP contribution is 2.26. The zero-order chi connectivity index (χ0) is 15.5. The van der Waals surface area contributed by atoms with Crippen molar-refractivity contribution >= 4 is 28.1 Å². The smallest absolute Gasteiger partial charge is 0.347 e. The zero-order valence-electron chi connectivity index (χ0n) is 12.2. The van der Waals surface area contributed by atoms with E-state index < -0.39 is 5.97 Å². The standard InChI is InChI=1S/C15H17N3O3S/c1-21-12-4-2-3-11(9-12)17-5-7-18(8-6-17)15-16-10-13(22-15)14(19)20/h2-4,9-10H,5-8H2,1H3,(H,19,20). The van der Waals surface area contributed by atoms with Gasteiger partial charge in [-0.3, -0.25) is 0 Å². The van der Waals surface area contributed by atoms with Crippen molar-refractivity contribution in [1.29, 1.82) is 0 Å². The van der Waals surface area contributed by atoms with E-state index in [1.807, 2.05) is 18.2 Å². The molecule has 1 aromatic heterocycles. The number of rotatable bonds is 4. The van der Waals surface area contributed by atoms with Gasteiger partial charge >= 0.3 is 5.97 Å². The first kappa shape index (κ1) is 14.6. The molecule has 1 aliphatic heterocycles. The summed E-state index contributed by atoms with van der Waals surface area (Å²) in [6.07, 6.45) is 1.43. The summed E-state index contributed by atoms with van der Waals surface area (Å²) in [5, 5.41) is 9.75. The average Bonchev–Trinajstić information content (AvgIpc) is 3.05. The largest absolute Gasteiger partial charge is 0.497 e. The number of methoxy groups -OCH3 is 1. The number of anilines is 2. The molecule has 1 saturated heterocycles. The number of aromatic carboxylic acids is 1. The van der Waals surface area contributed by atoms with E-state index in [2.05, 4.69) is 20.9 Å². The minimum atomic E-state index is -0.918. The molecular weight excluding hydrogens is 302 g/mol. The van der Waals surface area contributed by atoms with E-state index >= 15 is 0 Å². The van der Waals surface area contributed by atoms with Crippen molar-refractivity contribution in [3.05, 3.63) is 35.3 Å². The van der Waals surface area contributed by atoms with E-state index in [9.17, 15) is 4.79 Å². The highest BCUT2D eigenvalue weighted by Gasteiger charge is 2.21. The van der Waals surface area contributed by atoms with Crippen molar-refractivity contribution in [3.63, 3.8) is 0 Å². The van der Waals surface area contributed by atoms with Crippen LogP contribution in [0, 0.1) is 0 Å². The fraction of sp³-hybridized carbons (Fsp3) is 0.333. The van der Waals surface area contributed by atoms with Gasteiger partial charge in [-0.1, -0.05) is 17.4 Å². The fourth-order valence-corrected chi connectivity index (χ4v) is 3.28. The number of hydrogen-bond acceptors (Lipinski definition) is 6. The maximum atomic E-state index is 10.9. The number of aromatic nitrogens is 1. The number of carboxylic acid groups (broad SMARTS) is 1. The van der Waals surface area contributed by atoms with Crippen LogP contribution in [0.1, 0.15) is 9.67 Å². The Morgan fingerprint density at radius 3 is 2.64 bits per heavy atom. The molecule has 1 aromatic carbocycles. The van der Waals surface area contributed by atoms with Crippen molar-refractivity contribution < 1.29 is 14.6 Å². The summed E-state index contributed by atoms with van der Waals surface area (Å²) in [5.74, 6) is -0.0651.